The second-order valence-electron chi connectivity index (χ2n) is 5.95. The van der Waals surface area contributed by atoms with Gasteiger partial charge in [0.2, 0.25) is 10.2 Å². The van der Waals surface area contributed by atoms with Crippen LogP contribution in [0.5, 0.6) is 0 Å². The Bertz CT molecular complexity index is 969. The smallest absolute Gasteiger partial charge is 0.261 e. The van der Waals surface area contributed by atoms with Crippen molar-refractivity contribution in [3.63, 3.8) is 0 Å². The molecule has 0 bridgehead atoms. The highest BCUT2D eigenvalue weighted by Crippen LogP contribution is 2.15. The van der Waals surface area contributed by atoms with Crippen LogP contribution in [0, 0.1) is 0 Å². The molecule has 0 saturated carbocycles. The lowest BCUT2D eigenvalue weighted by Crippen LogP contribution is -2.18. The molecule has 0 aliphatic rings. The maximum atomic E-state index is 12.2. The van der Waals surface area contributed by atoms with Gasteiger partial charge < -0.3 is 0 Å². The molecule has 0 unspecified atom stereocenters. The highest BCUT2D eigenvalue weighted by molar-refractivity contribution is 8.13. The van der Waals surface area contributed by atoms with Crippen LogP contribution in [0.15, 0.2) is 84.9 Å². The van der Waals surface area contributed by atoms with Gasteiger partial charge in [0.25, 0.3) is 11.8 Å². The van der Waals surface area contributed by atoms with Gasteiger partial charge in [0, 0.05) is 46.1 Å². The van der Waals surface area contributed by atoms with Gasteiger partial charge >= 0.3 is 0 Å². The Balaban J connectivity index is 1.51. The topological polar surface area (TPSA) is 92.3 Å². The van der Waals surface area contributed by atoms with Crippen molar-refractivity contribution in [3.05, 3.63) is 107 Å². The zero-order valence-electron chi connectivity index (χ0n) is 15.5. The maximum Gasteiger partial charge on any atom is 0.261 e. The lowest BCUT2D eigenvalue weighted by atomic mass is 10.2. The number of hydrogen-bond acceptors (Lipinski definition) is 6. The number of carbonyl (C=O) groups is 4. The molecule has 8 heteroatoms. The number of amides is 2. The van der Waals surface area contributed by atoms with Crippen molar-refractivity contribution < 1.29 is 19.2 Å². The zero-order valence-corrected chi connectivity index (χ0v) is 17.2. The second kappa shape index (κ2) is 10.4. The van der Waals surface area contributed by atoms with Crippen LogP contribution < -0.4 is 9.44 Å². The van der Waals surface area contributed by atoms with E-state index in [0.29, 0.717) is 46.1 Å². The van der Waals surface area contributed by atoms with Crippen LogP contribution in [0.1, 0.15) is 41.4 Å². The van der Waals surface area contributed by atoms with Gasteiger partial charge in [-0.1, -0.05) is 36.4 Å². The zero-order chi connectivity index (χ0) is 21.3. The van der Waals surface area contributed by atoms with Crippen molar-refractivity contribution in [1.82, 2.24) is 9.44 Å². The number of nitrogens with one attached hydrogen (secondary N) is 2. The molecule has 3 rings (SSSR count). The average molecular weight is 437 g/mol. The van der Waals surface area contributed by atoms with Crippen molar-refractivity contribution in [2.75, 3.05) is 0 Å². The van der Waals surface area contributed by atoms with Gasteiger partial charge in [0.1, 0.15) is 0 Å². The van der Waals surface area contributed by atoms with Gasteiger partial charge in [-0.15, -0.1) is 0 Å². The summed E-state index contributed by atoms with van der Waals surface area (Å²) in [6.07, 6.45) is 0. The summed E-state index contributed by atoms with van der Waals surface area (Å²) in [6.45, 7) is 0. The number of hydrogen-bond donors (Lipinski definition) is 2. The third kappa shape index (κ3) is 5.82. The summed E-state index contributed by atoms with van der Waals surface area (Å²) in [5.74, 6) is -0.738. The molecule has 0 aliphatic carbocycles. The molecule has 3 aromatic rings. The Morgan fingerprint density at radius 3 is 1.13 bits per heavy atom. The molecule has 0 radical (unpaired) electrons. The van der Waals surface area contributed by atoms with E-state index < -0.39 is 0 Å². The lowest BCUT2D eigenvalue weighted by molar-refractivity contribution is 0.0973. The third-order valence-electron chi connectivity index (χ3n) is 3.90. The molecular formula is C22H16N2O4S2. The van der Waals surface area contributed by atoms with Crippen molar-refractivity contribution in [1.29, 1.82) is 0 Å². The van der Waals surface area contributed by atoms with Crippen molar-refractivity contribution >= 4 is 45.9 Å². The largest absolute Gasteiger partial charge is 0.289 e. The van der Waals surface area contributed by atoms with E-state index in [1.807, 2.05) is 0 Å². The van der Waals surface area contributed by atoms with E-state index in [1.165, 1.54) is 24.3 Å². The predicted octanol–water partition coefficient (Wildman–Crippen LogP) is 4.12. The Morgan fingerprint density at radius 2 is 0.800 bits per heavy atom. The van der Waals surface area contributed by atoms with Crippen LogP contribution in [-0.4, -0.2) is 22.0 Å². The molecule has 0 spiro atoms. The Labute approximate surface area is 181 Å². The molecule has 150 valence electrons. The molecule has 0 aromatic heterocycles. The fourth-order valence-corrected chi connectivity index (χ4v) is 3.46. The van der Waals surface area contributed by atoms with Crippen LogP contribution in [0.4, 0.5) is 0 Å². The minimum absolute atomic E-state index is 0.336. The first-order chi connectivity index (χ1) is 14.5. The van der Waals surface area contributed by atoms with E-state index in [4.69, 9.17) is 0 Å². The highest BCUT2D eigenvalue weighted by Gasteiger charge is 2.14. The summed E-state index contributed by atoms with van der Waals surface area (Å²) in [6, 6.07) is 23.1. The lowest BCUT2D eigenvalue weighted by Gasteiger charge is -2.05. The van der Waals surface area contributed by atoms with Gasteiger partial charge in [-0.3, -0.25) is 28.6 Å². The number of carbonyl (C=O) groups excluding carboxylic acids is 4. The molecule has 3 aromatic carbocycles. The Morgan fingerprint density at radius 1 is 0.467 bits per heavy atom. The molecule has 0 atom stereocenters. The second-order valence-corrected chi connectivity index (χ2v) is 7.51. The van der Waals surface area contributed by atoms with Gasteiger partial charge in [0.05, 0.1) is 0 Å². The first kappa shape index (κ1) is 21.4. The minimum Gasteiger partial charge on any atom is -0.289 e. The fourth-order valence-electron chi connectivity index (χ4n) is 2.34. The summed E-state index contributed by atoms with van der Waals surface area (Å²) >= 11 is 1.35. The monoisotopic (exact) mass is 436 g/mol. The third-order valence-corrected chi connectivity index (χ3v) is 5.32. The van der Waals surface area contributed by atoms with Crippen LogP contribution >= 0.6 is 23.9 Å². The van der Waals surface area contributed by atoms with Gasteiger partial charge in [-0.2, -0.15) is 0 Å². The molecule has 0 saturated heterocycles. The van der Waals surface area contributed by atoms with Crippen LogP contribution in [0.3, 0.4) is 0 Å². The maximum absolute atomic E-state index is 12.2. The van der Waals surface area contributed by atoms with Crippen molar-refractivity contribution in [2.24, 2.45) is 0 Å². The Hall–Kier alpha value is -3.36. The minimum atomic E-state index is -0.369. The molecule has 30 heavy (non-hydrogen) atoms. The molecular weight excluding hydrogens is 420 g/mol. The van der Waals surface area contributed by atoms with Crippen LogP contribution in [0.25, 0.3) is 0 Å². The molecule has 0 aliphatic heterocycles. The predicted molar refractivity (Wildman–Crippen MR) is 118 cm³/mol. The van der Waals surface area contributed by atoms with E-state index in [2.05, 4.69) is 9.44 Å². The molecule has 2 amide bonds. The van der Waals surface area contributed by atoms with Crippen molar-refractivity contribution in [3.8, 4) is 0 Å². The van der Waals surface area contributed by atoms with E-state index >= 15 is 0 Å². The van der Waals surface area contributed by atoms with Crippen molar-refractivity contribution in [2.45, 2.75) is 0 Å². The van der Waals surface area contributed by atoms with Gasteiger partial charge in [-0.25, -0.2) is 0 Å². The highest BCUT2D eigenvalue weighted by atomic mass is 32.2. The van der Waals surface area contributed by atoms with Gasteiger partial charge in [-0.05, 0) is 48.5 Å². The molecule has 0 heterocycles. The first-order valence-electron chi connectivity index (χ1n) is 8.78. The first-order valence-corrected chi connectivity index (χ1v) is 10.4. The summed E-state index contributed by atoms with van der Waals surface area (Å²) in [7, 11) is 0. The molecule has 2 N–H and O–H groups in total. The van der Waals surface area contributed by atoms with E-state index in [-0.39, 0.29) is 22.0 Å². The average Bonchev–Trinajstić information content (AvgIpc) is 2.81. The SMILES string of the molecule is O=C(NSC(=O)c1ccc(C(=O)SNC(=O)c2ccccc2)cc1)c1ccccc1. The van der Waals surface area contributed by atoms with Crippen LogP contribution in [-0.2, 0) is 0 Å². The summed E-state index contributed by atoms with van der Waals surface area (Å²) in [4.78, 5) is 48.4. The number of rotatable bonds is 4. The molecule has 0 fully saturated rings. The normalized spacial score (nSPS) is 10.1. The molecule has 6 nitrogen and oxygen atoms in total. The number of benzene rings is 3. The van der Waals surface area contributed by atoms with Crippen LogP contribution in [0.2, 0.25) is 0 Å². The van der Waals surface area contributed by atoms with E-state index in [0.717, 1.165) is 0 Å². The van der Waals surface area contributed by atoms with E-state index in [9.17, 15) is 19.2 Å². The summed E-state index contributed by atoms with van der Waals surface area (Å²) < 4.78 is 4.99. The Kier molecular flexibility index (Phi) is 7.42. The van der Waals surface area contributed by atoms with E-state index in [1.54, 1.807) is 60.7 Å². The van der Waals surface area contributed by atoms with Gasteiger partial charge in [0.15, 0.2) is 0 Å². The summed E-state index contributed by atoms with van der Waals surface area (Å²) in [5, 5.41) is -0.716. The fraction of sp³-hybridized carbons (Fsp3) is 0. The quantitative estimate of drug-likeness (QED) is 0.598. The standard InChI is InChI=1S/C22H16N2O4S2/c25-19(15-7-3-1-4-8-15)23-29-21(27)17-11-13-18(14-12-17)22(28)30-24-20(26)16-9-5-2-6-10-16/h1-14H,(H,23,25)(H,24,26). The summed E-state index contributed by atoms with van der Waals surface area (Å²) in [5.41, 5.74) is 1.58.